The van der Waals surface area contributed by atoms with Crippen LogP contribution in [-0.4, -0.2) is 44.7 Å². The molecule has 0 saturated heterocycles. The molecule has 0 radical (unpaired) electrons. The molecule has 0 bridgehead atoms. The minimum absolute atomic E-state index is 0.120. The number of hydrogen-bond acceptors (Lipinski definition) is 4. The summed E-state index contributed by atoms with van der Waals surface area (Å²) in [5.41, 5.74) is 2.40. The smallest absolute Gasteiger partial charge is 0.410 e. The molecule has 1 amide bonds. The van der Waals surface area contributed by atoms with Crippen molar-refractivity contribution in [3.8, 4) is 16.9 Å². The third-order valence-corrected chi connectivity index (χ3v) is 4.26. The number of carbonyl (C=O) groups is 1. The summed E-state index contributed by atoms with van der Waals surface area (Å²) in [7, 11) is 1.69. The summed E-state index contributed by atoms with van der Waals surface area (Å²) in [5, 5.41) is 10.0. The van der Waals surface area contributed by atoms with E-state index in [1.807, 2.05) is 43.5 Å². The Balaban J connectivity index is 1.80. The van der Waals surface area contributed by atoms with Gasteiger partial charge in [-0.1, -0.05) is 0 Å². The fourth-order valence-electron chi connectivity index (χ4n) is 2.84. The second-order valence-corrected chi connectivity index (χ2v) is 7.71. The lowest BCUT2D eigenvalue weighted by atomic mass is 10.1. The molecule has 6 nitrogen and oxygen atoms in total. The minimum atomic E-state index is -0.541. The van der Waals surface area contributed by atoms with E-state index in [1.165, 1.54) is 11.0 Å². The van der Waals surface area contributed by atoms with Crippen molar-refractivity contribution < 1.29 is 19.0 Å². The SMILES string of the molecule is CN(CCc1cnc2ccc(-c3ccc(F)cc3O)cn12)C(=O)OC(C)(C)C. The van der Waals surface area contributed by atoms with E-state index >= 15 is 0 Å². The fourth-order valence-corrected chi connectivity index (χ4v) is 2.84. The number of rotatable bonds is 4. The number of imidazole rings is 1. The third-order valence-electron chi connectivity index (χ3n) is 4.26. The van der Waals surface area contributed by atoms with Gasteiger partial charge < -0.3 is 19.1 Å². The van der Waals surface area contributed by atoms with Crippen molar-refractivity contribution >= 4 is 11.7 Å². The van der Waals surface area contributed by atoms with Gasteiger partial charge in [0.25, 0.3) is 0 Å². The molecule has 3 aromatic rings. The van der Waals surface area contributed by atoms with Crippen molar-refractivity contribution in [2.75, 3.05) is 13.6 Å². The van der Waals surface area contributed by atoms with E-state index in [-0.39, 0.29) is 11.8 Å². The largest absolute Gasteiger partial charge is 0.507 e. The van der Waals surface area contributed by atoms with E-state index in [4.69, 9.17) is 4.74 Å². The third kappa shape index (κ3) is 4.42. The fraction of sp³-hybridized carbons (Fsp3) is 0.333. The molecule has 0 saturated carbocycles. The Labute approximate surface area is 163 Å². The van der Waals surface area contributed by atoms with E-state index < -0.39 is 11.4 Å². The van der Waals surface area contributed by atoms with Crippen LogP contribution >= 0.6 is 0 Å². The molecular weight excluding hydrogens is 361 g/mol. The van der Waals surface area contributed by atoms with Crippen molar-refractivity contribution in [3.63, 3.8) is 0 Å². The Morgan fingerprint density at radius 3 is 2.71 bits per heavy atom. The van der Waals surface area contributed by atoms with Gasteiger partial charge in [0.15, 0.2) is 0 Å². The van der Waals surface area contributed by atoms with Crippen LogP contribution in [0.4, 0.5) is 9.18 Å². The van der Waals surface area contributed by atoms with Gasteiger partial charge in [-0.05, 0) is 45.0 Å². The first kappa shape index (κ1) is 19.7. The van der Waals surface area contributed by atoms with Crippen LogP contribution in [0.2, 0.25) is 0 Å². The molecule has 0 fully saturated rings. The maximum absolute atomic E-state index is 13.3. The first-order valence-electron chi connectivity index (χ1n) is 9.03. The summed E-state index contributed by atoms with van der Waals surface area (Å²) in [4.78, 5) is 18.0. The number of pyridine rings is 1. The summed E-state index contributed by atoms with van der Waals surface area (Å²) in [6.45, 7) is 5.95. The second-order valence-electron chi connectivity index (χ2n) is 7.71. The standard InChI is InChI=1S/C21H24FN3O3/c1-21(2,3)28-20(27)24(4)10-9-16-12-23-19-8-5-14(13-25(16)19)17-7-6-15(22)11-18(17)26/h5-8,11-13,26H,9-10H2,1-4H3. The first-order valence-corrected chi connectivity index (χ1v) is 9.03. The van der Waals surface area contributed by atoms with Crippen LogP contribution in [0.1, 0.15) is 26.5 Å². The van der Waals surface area contributed by atoms with Gasteiger partial charge >= 0.3 is 6.09 Å². The average molecular weight is 385 g/mol. The number of nitrogens with zero attached hydrogens (tertiary/aromatic N) is 3. The topological polar surface area (TPSA) is 67.1 Å². The summed E-state index contributed by atoms with van der Waals surface area (Å²) in [6.07, 6.45) is 3.80. The van der Waals surface area contributed by atoms with Crippen molar-refractivity contribution in [1.29, 1.82) is 0 Å². The lowest BCUT2D eigenvalue weighted by Gasteiger charge is -2.24. The molecule has 2 heterocycles. The van der Waals surface area contributed by atoms with Gasteiger partial charge in [-0.3, -0.25) is 0 Å². The predicted molar refractivity (Wildman–Crippen MR) is 105 cm³/mol. The molecule has 0 atom stereocenters. The highest BCUT2D eigenvalue weighted by molar-refractivity contribution is 5.71. The highest BCUT2D eigenvalue weighted by atomic mass is 19.1. The molecule has 0 spiro atoms. The maximum Gasteiger partial charge on any atom is 0.410 e. The summed E-state index contributed by atoms with van der Waals surface area (Å²) in [6, 6.07) is 7.60. The Kier molecular flexibility index (Phi) is 5.27. The van der Waals surface area contributed by atoms with Gasteiger partial charge in [0, 0.05) is 55.3 Å². The summed E-state index contributed by atoms with van der Waals surface area (Å²) < 4.78 is 20.5. The quantitative estimate of drug-likeness (QED) is 0.729. The van der Waals surface area contributed by atoms with Crippen LogP contribution in [0, 0.1) is 5.82 Å². The molecule has 7 heteroatoms. The molecule has 1 aromatic carbocycles. The lowest BCUT2D eigenvalue weighted by molar-refractivity contribution is 0.0300. The number of amides is 1. The monoisotopic (exact) mass is 385 g/mol. The zero-order valence-corrected chi connectivity index (χ0v) is 16.4. The number of ether oxygens (including phenoxy) is 1. The molecule has 2 aromatic heterocycles. The van der Waals surface area contributed by atoms with Crippen LogP contribution in [0.5, 0.6) is 5.75 Å². The van der Waals surface area contributed by atoms with E-state index in [0.717, 1.165) is 23.0 Å². The number of hydrogen-bond donors (Lipinski definition) is 1. The number of phenolic OH excluding ortho intramolecular Hbond substituents is 1. The number of carbonyl (C=O) groups excluding carboxylic acids is 1. The van der Waals surface area contributed by atoms with Crippen LogP contribution < -0.4 is 0 Å². The number of likely N-dealkylation sites (N-methyl/N-ethyl adjacent to an activating group) is 1. The van der Waals surface area contributed by atoms with E-state index in [1.54, 1.807) is 19.3 Å². The Morgan fingerprint density at radius 1 is 1.29 bits per heavy atom. The molecule has 1 N–H and O–H groups in total. The average Bonchev–Trinajstić information content (AvgIpc) is 3.00. The van der Waals surface area contributed by atoms with Gasteiger partial charge in [0.05, 0.1) is 0 Å². The molecule has 28 heavy (non-hydrogen) atoms. The van der Waals surface area contributed by atoms with Crippen LogP contribution in [0.15, 0.2) is 42.7 Å². The number of benzene rings is 1. The van der Waals surface area contributed by atoms with Gasteiger partial charge in [0.2, 0.25) is 0 Å². The van der Waals surface area contributed by atoms with E-state index in [0.29, 0.717) is 18.5 Å². The number of fused-ring (bicyclic) bond motifs is 1. The molecule has 148 valence electrons. The Hall–Kier alpha value is -3.09. The first-order chi connectivity index (χ1) is 13.1. The zero-order valence-electron chi connectivity index (χ0n) is 16.4. The Morgan fingerprint density at radius 2 is 2.04 bits per heavy atom. The highest BCUT2D eigenvalue weighted by Gasteiger charge is 2.19. The van der Waals surface area contributed by atoms with Gasteiger partial charge in [-0.25, -0.2) is 14.2 Å². The van der Waals surface area contributed by atoms with Crippen LogP contribution in [0.3, 0.4) is 0 Å². The van der Waals surface area contributed by atoms with Gasteiger partial charge in [0.1, 0.15) is 22.8 Å². The van der Waals surface area contributed by atoms with E-state index in [9.17, 15) is 14.3 Å². The van der Waals surface area contributed by atoms with Crippen molar-refractivity contribution in [3.05, 3.63) is 54.2 Å². The van der Waals surface area contributed by atoms with Crippen molar-refractivity contribution in [2.45, 2.75) is 32.8 Å². The minimum Gasteiger partial charge on any atom is -0.507 e. The number of aromatic hydroxyl groups is 1. The molecule has 3 rings (SSSR count). The van der Waals surface area contributed by atoms with Crippen LogP contribution in [0.25, 0.3) is 16.8 Å². The van der Waals surface area contributed by atoms with Crippen molar-refractivity contribution in [2.24, 2.45) is 0 Å². The maximum atomic E-state index is 13.3. The molecule has 0 aliphatic rings. The second kappa shape index (κ2) is 7.50. The summed E-state index contributed by atoms with van der Waals surface area (Å²) in [5.74, 6) is -0.610. The number of phenols is 1. The van der Waals surface area contributed by atoms with Crippen molar-refractivity contribution in [1.82, 2.24) is 14.3 Å². The highest BCUT2D eigenvalue weighted by Crippen LogP contribution is 2.30. The molecule has 0 unspecified atom stereocenters. The van der Waals surface area contributed by atoms with Crippen LogP contribution in [-0.2, 0) is 11.2 Å². The molecular formula is C21H24FN3O3. The summed E-state index contributed by atoms with van der Waals surface area (Å²) >= 11 is 0. The number of aromatic nitrogens is 2. The number of halogens is 1. The van der Waals surface area contributed by atoms with Gasteiger partial charge in [-0.2, -0.15) is 0 Å². The molecule has 0 aliphatic heterocycles. The normalized spacial score (nSPS) is 11.6. The lowest BCUT2D eigenvalue weighted by Crippen LogP contribution is -2.35. The van der Waals surface area contributed by atoms with Gasteiger partial charge in [-0.15, -0.1) is 0 Å². The van der Waals surface area contributed by atoms with E-state index in [2.05, 4.69) is 4.98 Å². The predicted octanol–water partition coefficient (Wildman–Crippen LogP) is 4.26. The zero-order chi connectivity index (χ0) is 20.5. The molecule has 0 aliphatic carbocycles. The Bertz CT molecular complexity index is 1010.